The SMILES string of the molecule is Cc1cc2c3c(c1)N(c1cc(N(c4ccc(C(C)(C)C)cc4)c4ccc(C(C)(C)C)cc4)c4sc5ccccc5c4c1)c1ccc(C(C)(C)C)cc1B3c1sc3ccc(C(C)(C)C)cc3c1O2. The Balaban J connectivity index is 1.20. The molecule has 336 valence electrons. The minimum atomic E-state index is -0.0424. The minimum Gasteiger partial charge on any atom is -0.457 e. The van der Waals surface area contributed by atoms with Gasteiger partial charge in [0.15, 0.2) is 0 Å². The van der Waals surface area contributed by atoms with Crippen LogP contribution in [0, 0.1) is 6.92 Å². The Kier molecular flexibility index (Phi) is 9.85. The highest BCUT2D eigenvalue weighted by Crippen LogP contribution is 2.51. The molecular formula is C61H61BN2OS2. The summed E-state index contributed by atoms with van der Waals surface area (Å²) in [5.74, 6) is 1.96. The molecule has 0 saturated carbocycles. The summed E-state index contributed by atoms with van der Waals surface area (Å²) in [7, 11) is 0. The predicted molar refractivity (Wildman–Crippen MR) is 295 cm³/mol. The van der Waals surface area contributed by atoms with Crippen LogP contribution in [0.2, 0.25) is 0 Å². The molecule has 0 fully saturated rings. The van der Waals surface area contributed by atoms with Crippen molar-refractivity contribution in [3.05, 3.63) is 161 Å². The molecule has 2 aliphatic rings. The lowest BCUT2D eigenvalue weighted by atomic mass is 9.36. The lowest BCUT2D eigenvalue weighted by molar-refractivity contribution is 0.494. The molecule has 0 saturated heterocycles. The molecule has 11 rings (SSSR count). The van der Waals surface area contributed by atoms with Gasteiger partial charge in [-0.1, -0.05) is 144 Å². The van der Waals surface area contributed by atoms with E-state index in [1.807, 2.05) is 22.7 Å². The molecule has 0 aliphatic carbocycles. The molecule has 9 aromatic rings. The number of fused-ring (bicyclic) bond motifs is 9. The fourth-order valence-electron chi connectivity index (χ4n) is 10.3. The molecule has 67 heavy (non-hydrogen) atoms. The molecule has 0 amide bonds. The number of hydrogen-bond donors (Lipinski definition) is 0. The van der Waals surface area contributed by atoms with Gasteiger partial charge in [0.25, 0.3) is 6.71 Å². The zero-order valence-electron chi connectivity index (χ0n) is 41.4. The maximum absolute atomic E-state index is 7.26. The van der Waals surface area contributed by atoms with Crippen molar-refractivity contribution in [2.75, 3.05) is 9.80 Å². The number of benzene rings is 7. The molecule has 0 atom stereocenters. The Morgan fingerprint density at radius 3 is 1.70 bits per heavy atom. The van der Waals surface area contributed by atoms with Crippen molar-refractivity contribution in [2.24, 2.45) is 0 Å². The molecule has 0 spiro atoms. The topological polar surface area (TPSA) is 15.7 Å². The summed E-state index contributed by atoms with van der Waals surface area (Å²) in [6.45, 7) is 29.9. The van der Waals surface area contributed by atoms with E-state index in [1.54, 1.807) is 0 Å². The zero-order chi connectivity index (χ0) is 47.1. The van der Waals surface area contributed by atoms with E-state index in [4.69, 9.17) is 4.74 Å². The van der Waals surface area contributed by atoms with E-state index < -0.39 is 0 Å². The monoisotopic (exact) mass is 912 g/mol. The van der Waals surface area contributed by atoms with Gasteiger partial charge in [-0.15, -0.1) is 22.7 Å². The van der Waals surface area contributed by atoms with E-state index in [0.29, 0.717) is 0 Å². The Morgan fingerprint density at radius 1 is 0.507 bits per heavy atom. The molecule has 0 bridgehead atoms. The normalized spacial score (nSPS) is 13.8. The molecule has 0 radical (unpaired) electrons. The number of aryl methyl sites for hydroxylation is 1. The fraction of sp³-hybridized carbons (Fsp3) is 0.279. The molecule has 0 N–H and O–H groups in total. The van der Waals surface area contributed by atoms with Gasteiger partial charge < -0.3 is 14.5 Å². The van der Waals surface area contributed by atoms with E-state index in [0.717, 1.165) is 34.2 Å². The highest BCUT2D eigenvalue weighted by Gasteiger charge is 2.44. The maximum Gasteiger partial charge on any atom is 0.268 e. The standard InChI is InChI=1S/C61H61BN2OS2/c1-36-30-49-54-51(31-36)65-55-46-32-39(60(8,9)10)23-29-53(46)67-57(55)62(54)47-33-40(61(11,12)13)22-28-48(47)64(49)43-34-45-44-16-14-15-17-52(44)66-56(45)50(35-43)63(41-24-18-37(19-25-41)58(2,3)4)42-26-20-38(21-27-42)59(5,6)7/h14-35H,1-13H3. The summed E-state index contributed by atoms with van der Waals surface area (Å²) in [6, 6.07) is 51.4. The number of rotatable bonds is 4. The number of nitrogens with zero attached hydrogens (tertiary/aromatic N) is 2. The predicted octanol–water partition coefficient (Wildman–Crippen LogP) is 16.6. The van der Waals surface area contributed by atoms with Gasteiger partial charge in [-0.05, 0) is 140 Å². The third kappa shape index (κ3) is 7.29. The van der Waals surface area contributed by atoms with Crippen LogP contribution in [-0.4, -0.2) is 6.71 Å². The molecule has 7 aromatic carbocycles. The summed E-state index contributed by atoms with van der Waals surface area (Å²) >= 11 is 3.79. The van der Waals surface area contributed by atoms with Crippen LogP contribution in [-0.2, 0) is 21.7 Å². The van der Waals surface area contributed by atoms with Crippen LogP contribution in [0.1, 0.15) is 111 Å². The maximum atomic E-state index is 7.26. The zero-order valence-corrected chi connectivity index (χ0v) is 43.0. The average Bonchev–Trinajstić information content (AvgIpc) is 3.83. The van der Waals surface area contributed by atoms with Gasteiger partial charge in [-0.2, -0.15) is 0 Å². The van der Waals surface area contributed by atoms with Crippen LogP contribution in [0.15, 0.2) is 133 Å². The molecular weight excluding hydrogens is 852 g/mol. The molecule has 4 heterocycles. The second kappa shape index (κ2) is 15.1. The van der Waals surface area contributed by atoms with Crippen LogP contribution in [0.4, 0.5) is 34.1 Å². The first-order chi connectivity index (χ1) is 31.6. The lowest BCUT2D eigenvalue weighted by Crippen LogP contribution is -2.58. The highest BCUT2D eigenvalue weighted by atomic mass is 32.1. The first-order valence-electron chi connectivity index (χ1n) is 23.9. The third-order valence-electron chi connectivity index (χ3n) is 14.2. The average molecular weight is 913 g/mol. The van der Waals surface area contributed by atoms with Crippen LogP contribution in [0.5, 0.6) is 11.5 Å². The Labute approximate surface area is 406 Å². The quantitative estimate of drug-likeness (QED) is 0.164. The third-order valence-corrected chi connectivity index (χ3v) is 16.6. The lowest BCUT2D eigenvalue weighted by Gasteiger charge is -2.40. The van der Waals surface area contributed by atoms with Crippen LogP contribution in [0.25, 0.3) is 30.3 Å². The molecule has 2 aromatic heterocycles. The van der Waals surface area contributed by atoms with Crippen molar-refractivity contribution in [1.82, 2.24) is 0 Å². The van der Waals surface area contributed by atoms with Crippen molar-refractivity contribution in [1.29, 1.82) is 0 Å². The molecule has 0 unspecified atom stereocenters. The second-order valence-corrected chi connectivity index (χ2v) is 25.4. The Hall–Kier alpha value is -5.82. The number of anilines is 6. The van der Waals surface area contributed by atoms with Crippen LogP contribution < -0.4 is 30.2 Å². The molecule has 2 aliphatic heterocycles. The van der Waals surface area contributed by atoms with Gasteiger partial charge in [-0.3, -0.25) is 0 Å². The number of hydrogen-bond acceptors (Lipinski definition) is 5. The number of thiophene rings is 2. The second-order valence-electron chi connectivity index (χ2n) is 23.2. The van der Waals surface area contributed by atoms with E-state index in [-0.39, 0.29) is 28.4 Å². The fourth-order valence-corrected chi connectivity index (χ4v) is 12.7. The minimum absolute atomic E-state index is 0.0164. The van der Waals surface area contributed by atoms with E-state index >= 15 is 0 Å². The van der Waals surface area contributed by atoms with Crippen molar-refractivity contribution in [3.63, 3.8) is 0 Å². The van der Waals surface area contributed by atoms with E-state index in [2.05, 4.69) is 233 Å². The van der Waals surface area contributed by atoms with Gasteiger partial charge in [-0.25, -0.2) is 0 Å². The van der Waals surface area contributed by atoms with Gasteiger partial charge in [0.05, 0.1) is 10.4 Å². The Morgan fingerprint density at radius 2 is 1.07 bits per heavy atom. The molecule has 6 heteroatoms. The summed E-state index contributed by atoms with van der Waals surface area (Å²) in [5, 5.41) is 3.74. The van der Waals surface area contributed by atoms with Crippen LogP contribution >= 0.6 is 22.7 Å². The summed E-state index contributed by atoms with van der Waals surface area (Å²) in [6.07, 6.45) is 0. The van der Waals surface area contributed by atoms with Crippen LogP contribution in [0.3, 0.4) is 0 Å². The van der Waals surface area contributed by atoms with Crippen molar-refractivity contribution in [2.45, 2.75) is 112 Å². The van der Waals surface area contributed by atoms with E-state index in [9.17, 15) is 0 Å². The first-order valence-corrected chi connectivity index (χ1v) is 25.6. The van der Waals surface area contributed by atoms with Crippen molar-refractivity contribution < 1.29 is 4.74 Å². The summed E-state index contributed by atoms with van der Waals surface area (Å²) in [4.78, 5) is 5.06. The van der Waals surface area contributed by atoms with Crippen molar-refractivity contribution >= 4 is 109 Å². The number of ether oxygens (including phenoxy) is 1. The van der Waals surface area contributed by atoms with Gasteiger partial charge >= 0.3 is 0 Å². The van der Waals surface area contributed by atoms with Gasteiger partial charge in [0.1, 0.15) is 11.5 Å². The molecule has 3 nitrogen and oxygen atoms in total. The van der Waals surface area contributed by atoms with E-state index in [1.165, 1.54) is 85.2 Å². The Bertz CT molecular complexity index is 3380. The van der Waals surface area contributed by atoms with Gasteiger partial charge in [0, 0.05) is 58.8 Å². The smallest absolute Gasteiger partial charge is 0.268 e. The highest BCUT2D eigenvalue weighted by molar-refractivity contribution is 7.33. The largest absolute Gasteiger partial charge is 0.457 e. The van der Waals surface area contributed by atoms with Gasteiger partial charge in [0.2, 0.25) is 0 Å². The first kappa shape index (κ1) is 43.7. The summed E-state index contributed by atoms with van der Waals surface area (Å²) < 4.78 is 12.4. The summed E-state index contributed by atoms with van der Waals surface area (Å²) in [5.41, 5.74) is 16.0. The van der Waals surface area contributed by atoms with Crippen molar-refractivity contribution in [3.8, 4) is 11.5 Å².